The van der Waals surface area contributed by atoms with Gasteiger partial charge in [-0.25, -0.2) is 0 Å². The van der Waals surface area contributed by atoms with Gasteiger partial charge in [-0.05, 0) is 40.5 Å². The Balaban J connectivity index is 3.45. The van der Waals surface area contributed by atoms with Crippen LogP contribution in [0.2, 0.25) is 0 Å². The Bertz CT molecular complexity index is 233. The van der Waals surface area contributed by atoms with Gasteiger partial charge in [0.05, 0.1) is 18.8 Å². The van der Waals surface area contributed by atoms with Gasteiger partial charge in [-0.15, -0.1) is 0 Å². The first kappa shape index (κ1) is 16.4. The fourth-order valence-electron chi connectivity index (χ4n) is 1.16. The van der Waals surface area contributed by atoms with Gasteiger partial charge in [-0.2, -0.15) is 0 Å². The molecule has 0 rings (SSSR count). The van der Waals surface area contributed by atoms with Crippen LogP contribution in [0.4, 0.5) is 0 Å². The molecule has 0 aromatic carbocycles. The summed E-state index contributed by atoms with van der Waals surface area (Å²) in [6, 6.07) is 0. The van der Waals surface area contributed by atoms with Crippen LogP contribution in [0.25, 0.3) is 0 Å². The van der Waals surface area contributed by atoms with Gasteiger partial charge in [-0.1, -0.05) is 0 Å². The van der Waals surface area contributed by atoms with E-state index in [0.29, 0.717) is 32.7 Å². The molecule has 0 radical (unpaired) electrons. The molecule has 0 bridgehead atoms. The van der Waals surface area contributed by atoms with Gasteiger partial charge in [0, 0.05) is 6.61 Å². The number of ether oxygens (including phenoxy) is 2. The third-order valence-electron chi connectivity index (χ3n) is 2.24. The molecule has 0 spiro atoms. The molecule has 5 heteroatoms. The number of carbonyl (C=O) groups is 1. The summed E-state index contributed by atoms with van der Waals surface area (Å²) in [5, 5.41) is 8.79. The fourth-order valence-corrected chi connectivity index (χ4v) is 1.16. The summed E-state index contributed by atoms with van der Waals surface area (Å²) in [6.07, 6.45) is 1.04. The highest BCUT2D eigenvalue weighted by molar-refractivity contribution is 5.77. The lowest BCUT2D eigenvalue weighted by molar-refractivity contribution is -0.143. The van der Waals surface area contributed by atoms with Crippen molar-refractivity contribution >= 4 is 5.97 Å². The number of hydrogen-bond acceptors (Lipinski definition) is 4. The van der Waals surface area contributed by atoms with Crippen LogP contribution in [0.5, 0.6) is 0 Å². The number of hydrogen-bond donors (Lipinski definition) is 2. The zero-order chi connectivity index (χ0) is 13.5. The average molecular weight is 247 g/mol. The Labute approximate surface area is 103 Å². The first-order valence-corrected chi connectivity index (χ1v) is 5.89. The Morgan fingerprint density at radius 3 is 2.24 bits per heavy atom. The largest absolute Gasteiger partial charge is 0.480 e. The zero-order valence-corrected chi connectivity index (χ0v) is 11.3. The van der Waals surface area contributed by atoms with Gasteiger partial charge in [0.25, 0.3) is 0 Å². The van der Waals surface area contributed by atoms with Gasteiger partial charge < -0.3 is 20.3 Å². The Morgan fingerprint density at radius 1 is 1.18 bits per heavy atom. The highest BCUT2D eigenvalue weighted by Gasteiger charge is 2.26. The molecule has 17 heavy (non-hydrogen) atoms. The van der Waals surface area contributed by atoms with Gasteiger partial charge in [-0.3, -0.25) is 4.79 Å². The first-order chi connectivity index (χ1) is 7.65. The van der Waals surface area contributed by atoms with E-state index in [1.54, 1.807) is 0 Å². The summed E-state index contributed by atoms with van der Waals surface area (Å²) in [7, 11) is 0. The summed E-state index contributed by atoms with van der Waals surface area (Å²) in [4.78, 5) is 10.7. The monoisotopic (exact) mass is 247 g/mol. The van der Waals surface area contributed by atoms with Gasteiger partial charge in [0.1, 0.15) is 5.54 Å². The standard InChI is InChI=1S/C12H25NO4/c1-11(2,3)17-9-8-16-7-5-6-12(4,13)10(14)15/h5-9,13H2,1-4H3,(H,14,15). The van der Waals surface area contributed by atoms with Crippen molar-refractivity contribution in [2.24, 2.45) is 5.73 Å². The molecule has 0 saturated heterocycles. The van der Waals surface area contributed by atoms with Crippen molar-refractivity contribution in [2.45, 2.75) is 51.7 Å². The maximum atomic E-state index is 10.7. The van der Waals surface area contributed by atoms with Crippen LogP contribution in [0, 0.1) is 0 Å². The molecule has 0 saturated carbocycles. The second-order valence-electron chi connectivity index (χ2n) is 5.40. The summed E-state index contributed by atoms with van der Waals surface area (Å²) in [5.74, 6) is -0.978. The van der Waals surface area contributed by atoms with Crippen LogP contribution in [-0.2, 0) is 14.3 Å². The molecule has 1 atom stereocenters. The third-order valence-corrected chi connectivity index (χ3v) is 2.24. The molecular weight excluding hydrogens is 222 g/mol. The first-order valence-electron chi connectivity index (χ1n) is 5.89. The van der Waals surface area contributed by atoms with Crippen LogP contribution in [0.15, 0.2) is 0 Å². The lowest BCUT2D eigenvalue weighted by Crippen LogP contribution is -2.44. The van der Waals surface area contributed by atoms with E-state index in [4.69, 9.17) is 20.3 Å². The van der Waals surface area contributed by atoms with Crippen molar-refractivity contribution < 1.29 is 19.4 Å². The molecule has 102 valence electrons. The smallest absolute Gasteiger partial charge is 0.323 e. The number of carboxylic acids is 1. The van der Waals surface area contributed by atoms with E-state index in [-0.39, 0.29) is 5.60 Å². The maximum Gasteiger partial charge on any atom is 0.323 e. The average Bonchev–Trinajstić information content (AvgIpc) is 2.14. The number of nitrogens with two attached hydrogens (primary N) is 1. The SMILES string of the molecule is CC(C)(C)OCCOCCCC(C)(N)C(=O)O. The molecule has 0 aromatic rings. The van der Waals surface area contributed by atoms with E-state index in [1.165, 1.54) is 6.92 Å². The lowest BCUT2D eigenvalue weighted by atomic mass is 9.98. The highest BCUT2D eigenvalue weighted by Crippen LogP contribution is 2.09. The van der Waals surface area contributed by atoms with E-state index in [1.807, 2.05) is 20.8 Å². The van der Waals surface area contributed by atoms with E-state index in [2.05, 4.69) is 0 Å². The van der Waals surface area contributed by atoms with Crippen molar-refractivity contribution in [3.05, 3.63) is 0 Å². The third kappa shape index (κ3) is 9.09. The summed E-state index contributed by atoms with van der Waals surface area (Å²) >= 11 is 0. The summed E-state index contributed by atoms with van der Waals surface area (Å²) < 4.78 is 10.8. The number of rotatable bonds is 8. The highest BCUT2D eigenvalue weighted by atomic mass is 16.5. The van der Waals surface area contributed by atoms with E-state index in [0.717, 1.165) is 0 Å². The Kier molecular flexibility index (Phi) is 6.67. The number of aliphatic carboxylic acids is 1. The predicted molar refractivity (Wildman–Crippen MR) is 66.0 cm³/mol. The van der Waals surface area contributed by atoms with Crippen molar-refractivity contribution in [3.8, 4) is 0 Å². The molecule has 1 unspecified atom stereocenters. The van der Waals surface area contributed by atoms with Crippen molar-refractivity contribution in [3.63, 3.8) is 0 Å². The second kappa shape index (κ2) is 6.93. The van der Waals surface area contributed by atoms with Crippen LogP contribution >= 0.6 is 0 Å². The molecule has 5 nitrogen and oxygen atoms in total. The van der Waals surface area contributed by atoms with E-state index in [9.17, 15) is 4.79 Å². The molecule has 0 aliphatic heterocycles. The second-order valence-corrected chi connectivity index (χ2v) is 5.40. The molecule has 3 N–H and O–H groups in total. The topological polar surface area (TPSA) is 81.8 Å². The molecule has 0 heterocycles. The Morgan fingerprint density at radius 2 is 1.76 bits per heavy atom. The lowest BCUT2D eigenvalue weighted by Gasteiger charge is -2.20. The normalized spacial score (nSPS) is 15.6. The molecular formula is C12H25NO4. The van der Waals surface area contributed by atoms with E-state index < -0.39 is 11.5 Å². The summed E-state index contributed by atoms with van der Waals surface area (Å²) in [6.45, 7) is 9.04. The van der Waals surface area contributed by atoms with Crippen LogP contribution in [0.3, 0.4) is 0 Å². The minimum absolute atomic E-state index is 0.150. The molecule has 0 amide bonds. The molecule has 0 aromatic heterocycles. The molecule has 0 fully saturated rings. The van der Waals surface area contributed by atoms with Gasteiger partial charge in [0.15, 0.2) is 0 Å². The minimum Gasteiger partial charge on any atom is -0.480 e. The fraction of sp³-hybridized carbons (Fsp3) is 0.917. The maximum absolute atomic E-state index is 10.7. The minimum atomic E-state index is -1.16. The quantitative estimate of drug-likeness (QED) is 0.634. The van der Waals surface area contributed by atoms with E-state index >= 15 is 0 Å². The summed E-state index contributed by atoms with van der Waals surface area (Å²) in [5.41, 5.74) is 4.27. The predicted octanol–water partition coefficient (Wildman–Crippen LogP) is 1.40. The molecule has 0 aliphatic carbocycles. The van der Waals surface area contributed by atoms with Crippen LogP contribution in [-0.4, -0.2) is 42.0 Å². The van der Waals surface area contributed by atoms with Crippen molar-refractivity contribution in [2.75, 3.05) is 19.8 Å². The van der Waals surface area contributed by atoms with Crippen molar-refractivity contribution in [1.29, 1.82) is 0 Å². The van der Waals surface area contributed by atoms with Gasteiger partial charge >= 0.3 is 5.97 Å². The van der Waals surface area contributed by atoms with Crippen molar-refractivity contribution in [1.82, 2.24) is 0 Å². The van der Waals surface area contributed by atoms with Gasteiger partial charge in [0.2, 0.25) is 0 Å². The molecule has 0 aliphatic rings. The zero-order valence-electron chi connectivity index (χ0n) is 11.3. The Hall–Kier alpha value is -0.650. The van der Waals surface area contributed by atoms with Crippen LogP contribution in [0.1, 0.15) is 40.5 Å². The number of carboxylic acid groups (broad SMARTS) is 1. The van der Waals surface area contributed by atoms with Crippen LogP contribution < -0.4 is 5.73 Å².